The first-order chi connectivity index (χ1) is 9.89. The first kappa shape index (κ1) is 18.9. The summed E-state index contributed by atoms with van der Waals surface area (Å²) in [6.45, 7) is 10.8. The van der Waals surface area contributed by atoms with Crippen LogP contribution in [0.2, 0.25) is 0 Å². The fraction of sp³-hybridized carbons (Fsp3) is 0.625. The van der Waals surface area contributed by atoms with Gasteiger partial charge >= 0.3 is 0 Å². The normalized spacial score (nSPS) is 21.1. The first-order valence-corrected chi connectivity index (χ1v) is 7.58. The van der Waals surface area contributed by atoms with E-state index >= 15 is 0 Å². The van der Waals surface area contributed by atoms with Gasteiger partial charge in [0.15, 0.2) is 0 Å². The summed E-state index contributed by atoms with van der Waals surface area (Å²) >= 11 is 0. The summed E-state index contributed by atoms with van der Waals surface area (Å²) in [5, 5.41) is 14.1. The van der Waals surface area contributed by atoms with Crippen LogP contribution in [0, 0.1) is 15.5 Å². The van der Waals surface area contributed by atoms with Gasteiger partial charge in [-0.15, -0.1) is 12.4 Å². The van der Waals surface area contributed by atoms with Crippen LogP contribution in [-0.2, 0) is 6.54 Å². The maximum Gasteiger partial charge on any atom is 0.269 e. The molecule has 0 aromatic heterocycles. The van der Waals surface area contributed by atoms with Crippen LogP contribution in [0.5, 0.6) is 0 Å². The van der Waals surface area contributed by atoms with Gasteiger partial charge in [0.2, 0.25) is 0 Å². The molecule has 1 fully saturated rings. The number of nitro benzene ring substituents is 1. The number of halogens is 1. The Kier molecular flexibility index (Phi) is 6.78. The maximum atomic E-state index is 10.7. The van der Waals surface area contributed by atoms with Crippen molar-refractivity contribution in [3.05, 3.63) is 39.9 Å². The predicted octanol–water partition coefficient (Wildman–Crippen LogP) is 3.23. The molecule has 1 aromatic carbocycles. The predicted molar refractivity (Wildman–Crippen MR) is 91.5 cm³/mol. The van der Waals surface area contributed by atoms with E-state index in [-0.39, 0.29) is 23.0 Å². The largest absolute Gasteiger partial charge is 0.316 e. The van der Waals surface area contributed by atoms with Crippen LogP contribution in [-0.4, -0.2) is 35.5 Å². The molecular weight excluding hydrogens is 302 g/mol. The summed E-state index contributed by atoms with van der Waals surface area (Å²) < 4.78 is 0. The van der Waals surface area contributed by atoms with Crippen molar-refractivity contribution >= 4 is 18.1 Å². The molecule has 1 unspecified atom stereocenters. The Balaban J connectivity index is 0.00000242. The summed E-state index contributed by atoms with van der Waals surface area (Å²) in [4.78, 5) is 12.8. The number of nitrogens with zero attached hydrogens (tertiary/aromatic N) is 2. The minimum Gasteiger partial charge on any atom is -0.316 e. The second-order valence-corrected chi connectivity index (χ2v) is 6.66. The molecule has 0 aliphatic carbocycles. The van der Waals surface area contributed by atoms with Gasteiger partial charge in [-0.1, -0.05) is 19.1 Å². The second kappa shape index (κ2) is 7.90. The molecule has 2 rings (SSSR count). The molecule has 1 atom stereocenters. The maximum absolute atomic E-state index is 10.7. The van der Waals surface area contributed by atoms with E-state index in [1.807, 2.05) is 12.1 Å². The van der Waals surface area contributed by atoms with Gasteiger partial charge in [0.25, 0.3) is 5.69 Å². The average Bonchev–Trinajstić information content (AvgIpc) is 2.85. The zero-order chi connectivity index (χ0) is 15.5. The van der Waals surface area contributed by atoms with Crippen molar-refractivity contribution in [1.29, 1.82) is 0 Å². The van der Waals surface area contributed by atoms with Crippen LogP contribution in [0.25, 0.3) is 0 Å². The standard InChI is InChI=1S/C16H25N3O2.ClH/c1-13(2)18(12-16(3)8-9-17-11-16)10-14-4-6-15(7-5-14)19(20)21;/h4-7,13,17H,8-12H2,1-3H3;1H. The summed E-state index contributed by atoms with van der Waals surface area (Å²) in [5.41, 5.74) is 1.61. The zero-order valence-corrected chi connectivity index (χ0v) is 14.4. The third-order valence-electron chi connectivity index (χ3n) is 4.31. The van der Waals surface area contributed by atoms with E-state index in [2.05, 4.69) is 31.0 Å². The van der Waals surface area contributed by atoms with Crippen molar-refractivity contribution in [1.82, 2.24) is 10.2 Å². The van der Waals surface area contributed by atoms with Crippen LogP contribution >= 0.6 is 12.4 Å². The molecule has 0 radical (unpaired) electrons. The fourth-order valence-corrected chi connectivity index (χ4v) is 2.87. The third kappa shape index (κ3) is 4.93. The molecule has 1 heterocycles. The lowest BCUT2D eigenvalue weighted by Crippen LogP contribution is -2.40. The summed E-state index contributed by atoms with van der Waals surface area (Å²) in [6.07, 6.45) is 1.20. The fourth-order valence-electron chi connectivity index (χ4n) is 2.87. The monoisotopic (exact) mass is 327 g/mol. The molecule has 0 saturated carbocycles. The smallest absolute Gasteiger partial charge is 0.269 e. The summed E-state index contributed by atoms with van der Waals surface area (Å²) in [7, 11) is 0. The number of hydrogen-bond donors (Lipinski definition) is 1. The van der Waals surface area contributed by atoms with Crippen LogP contribution in [0.4, 0.5) is 5.69 Å². The van der Waals surface area contributed by atoms with Crippen LogP contribution in [0.1, 0.15) is 32.8 Å². The van der Waals surface area contributed by atoms with Crippen molar-refractivity contribution in [3.63, 3.8) is 0 Å². The molecule has 1 aromatic rings. The van der Waals surface area contributed by atoms with Gasteiger partial charge in [-0.05, 0) is 37.8 Å². The Morgan fingerprint density at radius 1 is 1.36 bits per heavy atom. The van der Waals surface area contributed by atoms with Crippen molar-refractivity contribution in [2.75, 3.05) is 19.6 Å². The lowest BCUT2D eigenvalue weighted by molar-refractivity contribution is -0.384. The Morgan fingerprint density at radius 3 is 2.45 bits per heavy atom. The summed E-state index contributed by atoms with van der Waals surface area (Å²) in [6, 6.07) is 7.36. The highest BCUT2D eigenvalue weighted by Gasteiger charge is 2.31. The van der Waals surface area contributed by atoms with Gasteiger partial charge in [0.1, 0.15) is 0 Å². The second-order valence-electron chi connectivity index (χ2n) is 6.66. The molecule has 22 heavy (non-hydrogen) atoms. The van der Waals surface area contributed by atoms with E-state index in [0.717, 1.165) is 31.7 Å². The Labute approximate surface area is 138 Å². The van der Waals surface area contributed by atoms with Gasteiger partial charge in [-0.25, -0.2) is 0 Å². The molecular formula is C16H26ClN3O2. The van der Waals surface area contributed by atoms with Crippen molar-refractivity contribution in [3.8, 4) is 0 Å². The highest BCUT2D eigenvalue weighted by atomic mass is 35.5. The first-order valence-electron chi connectivity index (χ1n) is 7.58. The average molecular weight is 328 g/mol. The number of benzene rings is 1. The van der Waals surface area contributed by atoms with Gasteiger partial charge < -0.3 is 5.32 Å². The molecule has 0 spiro atoms. The molecule has 1 aliphatic heterocycles. The third-order valence-corrected chi connectivity index (χ3v) is 4.31. The molecule has 5 nitrogen and oxygen atoms in total. The minimum absolute atomic E-state index is 0. The highest BCUT2D eigenvalue weighted by molar-refractivity contribution is 5.85. The Bertz CT molecular complexity index is 485. The minimum atomic E-state index is -0.352. The van der Waals surface area contributed by atoms with Crippen molar-refractivity contribution < 1.29 is 4.92 Å². The molecule has 1 aliphatic rings. The van der Waals surface area contributed by atoms with Gasteiger partial charge in [0.05, 0.1) is 4.92 Å². The van der Waals surface area contributed by atoms with Gasteiger partial charge in [-0.2, -0.15) is 0 Å². The van der Waals surface area contributed by atoms with E-state index in [9.17, 15) is 10.1 Å². The SMILES string of the molecule is CC(C)N(Cc1ccc([N+](=O)[O-])cc1)CC1(C)CCNC1.Cl. The lowest BCUT2D eigenvalue weighted by atomic mass is 9.88. The van der Waals surface area contributed by atoms with Crippen molar-refractivity contribution in [2.45, 2.75) is 39.8 Å². The van der Waals surface area contributed by atoms with Crippen LogP contribution in [0.15, 0.2) is 24.3 Å². The molecule has 0 bridgehead atoms. The molecule has 124 valence electrons. The lowest BCUT2D eigenvalue weighted by Gasteiger charge is -2.34. The molecule has 0 amide bonds. The number of non-ortho nitro benzene ring substituents is 1. The van der Waals surface area contributed by atoms with Crippen LogP contribution in [0.3, 0.4) is 0 Å². The molecule has 6 heteroatoms. The number of rotatable bonds is 6. The molecule has 1 N–H and O–H groups in total. The zero-order valence-electron chi connectivity index (χ0n) is 13.5. The quantitative estimate of drug-likeness (QED) is 0.643. The van der Waals surface area contributed by atoms with Gasteiger partial charge in [-0.3, -0.25) is 15.0 Å². The Morgan fingerprint density at radius 2 is 2.00 bits per heavy atom. The Hall–Kier alpha value is -1.17. The van der Waals surface area contributed by atoms with Crippen LogP contribution < -0.4 is 5.32 Å². The van der Waals surface area contributed by atoms with Crippen molar-refractivity contribution in [2.24, 2.45) is 5.41 Å². The summed E-state index contributed by atoms with van der Waals surface area (Å²) in [5.74, 6) is 0. The van der Waals surface area contributed by atoms with E-state index in [1.54, 1.807) is 12.1 Å². The van der Waals surface area contributed by atoms with Gasteiger partial charge in [0, 0.05) is 37.8 Å². The van der Waals surface area contributed by atoms with E-state index in [0.29, 0.717) is 11.5 Å². The topological polar surface area (TPSA) is 58.4 Å². The van der Waals surface area contributed by atoms with E-state index < -0.39 is 0 Å². The number of nitrogens with one attached hydrogen (secondary N) is 1. The van der Waals surface area contributed by atoms with E-state index in [4.69, 9.17) is 0 Å². The number of nitro groups is 1. The molecule has 1 saturated heterocycles. The number of hydrogen-bond acceptors (Lipinski definition) is 4. The van der Waals surface area contributed by atoms with E-state index in [1.165, 1.54) is 6.42 Å². The highest BCUT2D eigenvalue weighted by Crippen LogP contribution is 2.27.